The summed E-state index contributed by atoms with van der Waals surface area (Å²) in [6.45, 7) is 0. The van der Waals surface area contributed by atoms with Crippen LogP contribution in [-0.2, 0) is 27.2 Å². The molecule has 1 atom stereocenters. The van der Waals surface area contributed by atoms with Gasteiger partial charge in [0.05, 0.1) is 0 Å². The first kappa shape index (κ1) is 11.0. The minimum absolute atomic E-state index is 0. The Balaban J connectivity index is 0.00000121. The third-order valence-corrected chi connectivity index (χ3v) is 1.06. The molecular weight excluding hydrogens is 260 g/mol. The van der Waals surface area contributed by atoms with E-state index in [9.17, 15) is 14.4 Å². The standard InChI is InChI=1S/C4H6N4O3.Ag/c5-3(10)6-1-2(9)8-4(11)7-1;/h1H,(H3,5,6,10)(H2,7,8,9,11);/q;+1. The first-order valence-electron chi connectivity index (χ1n) is 2.77. The number of rotatable bonds is 1. The molecule has 70 valence electrons. The molecule has 1 rings (SSSR count). The third-order valence-electron chi connectivity index (χ3n) is 1.06. The van der Waals surface area contributed by atoms with Crippen molar-refractivity contribution < 1.29 is 36.8 Å². The first-order chi connectivity index (χ1) is 5.09. The third kappa shape index (κ3) is 2.53. The molecule has 1 saturated heterocycles. The maximum Gasteiger partial charge on any atom is 1.00 e. The predicted octanol–water partition coefficient (Wildman–Crippen LogP) is -2.18. The number of nitrogens with two attached hydrogens (primary N) is 1. The zero-order valence-corrected chi connectivity index (χ0v) is 7.16. The second kappa shape index (κ2) is 4.10. The summed E-state index contributed by atoms with van der Waals surface area (Å²) >= 11 is 0. The van der Waals surface area contributed by atoms with Gasteiger partial charge in [0.2, 0.25) is 0 Å². The minimum atomic E-state index is -1.04. The van der Waals surface area contributed by atoms with Gasteiger partial charge in [-0.1, -0.05) is 0 Å². The van der Waals surface area contributed by atoms with Gasteiger partial charge in [0.15, 0.2) is 6.17 Å². The van der Waals surface area contributed by atoms with Gasteiger partial charge >= 0.3 is 34.4 Å². The van der Waals surface area contributed by atoms with E-state index in [0.717, 1.165) is 0 Å². The van der Waals surface area contributed by atoms with Crippen LogP contribution in [0, 0.1) is 0 Å². The number of carbonyl (C=O) groups excluding carboxylic acids is 3. The van der Waals surface area contributed by atoms with Crippen molar-refractivity contribution in [1.29, 1.82) is 0 Å². The van der Waals surface area contributed by atoms with Gasteiger partial charge in [-0.05, 0) is 0 Å². The van der Waals surface area contributed by atoms with Crippen molar-refractivity contribution in [3.8, 4) is 0 Å². The fraction of sp³-hybridized carbons (Fsp3) is 0.250. The van der Waals surface area contributed by atoms with E-state index in [0.29, 0.717) is 0 Å². The minimum Gasteiger partial charge on any atom is -0.352 e. The SMILES string of the molecule is NC(=O)NC1NC(=O)NC1=O.[Ag+]. The molecule has 1 aliphatic heterocycles. The van der Waals surface area contributed by atoms with Crippen LogP contribution in [0.1, 0.15) is 0 Å². The first-order valence-corrected chi connectivity index (χ1v) is 2.77. The molecule has 0 radical (unpaired) electrons. The number of hydrogen-bond donors (Lipinski definition) is 4. The second-order valence-corrected chi connectivity index (χ2v) is 1.90. The van der Waals surface area contributed by atoms with E-state index < -0.39 is 24.1 Å². The maximum absolute atomic E-state index is 10.7. The smallest absolute Gasteiger partial charge is 0.352 e. The van der Waals surface area contributed by atoms with Gasteiger partial charge in [-0.25, -0.2) is 9.59 Å². The Hall–Kier alpha value is -1.05. The molecular formula is C4H6AgN4O3+. The summed E-state index contributed by atoms with van der Waals surface area (Å²) in [5, 5.41) is 6.05. The van der Waals surface area contributed by atoms with Crippen LogP contribution in [0.3, 0.4) is 0 Å². The van der Waals surface area contributed by atoms with E-state index in [1.165, 1.54) is 0 Å². The number of urea groups is 2. The van der Waals surface area contributed by atoms with E-state index in [-0.39, 0.29) is 22.4 Å². The molecule has 1 aliphatic rings. The Labute approximate surface area is 82.9 Å². The summed E-state index contributed by atoms with van der Waals surface area (Å²) in [6.07, 6.45) is -1.04. The van der Waals surface area contributed by atoms with Gasteiger partial charge < -0.3 is 16.4 Å². The average molecular weight is 266 g/mol. The molecule has 0 aliphatic carbocycles. The largest absolute Gasteiger partial charge is 1.00 e. The Morgan fingerprint density at radius 1 is 1.50 bits per heavy atom. The van der Waals surface area contributed by atoms with Crippen molar-refractivity contribution in [1.82, 2.24) is 16.0 Å². The van der Waals surface area contributed by atoms with E-state index in [1.54, 1.807) is 0 Å². The molecule has 1 unspecified atom stereocenters. The fourth-order valence-corrected chi connectivity index (χ4v) is 0.661. The van der Waals surface area contributed by atoms with Crippen LogP contribution in [0.15, 0.2) is 0 Å². The van der Waals surface area contributed by atoms with Crippen LogP contribution in [0.4, 0.5) is 9.59 Å². The molecule has 0 aromatic rings. The monoisotopic (exact) mass is 265 g/mol. The van der Waals surface area contributed by atoms with Crippen molar-refractivity contribution in [2.45, 2.75) is 6.17 Å². The molecule has 1 fully saturated rings. The van der Waals surface area contributed by atoms with Crippen LogP contribution in [0.2, 0.25) is 0 Å². The molecule has 5 N–H and O–H groups in total. The topological polar surface area (TPSA) is 113 Å². The molecule has 12 heavy (non-hydrogen) atoms. The number of nitrogens with one attached hydrogen (secondary N) is 3. The Kier molecular flexibility index (Phi) is 3.74. The average Bonchev–Trinajstić information content (AvgIpc) is 2.09. The van der Waals surface area contributed by atoms with Gasteiger partial charge in [-0.2, -0.15) is 0 Å². The Morgan fingerprint density at radius 2 is 2.08 bits per heavy atom. The summed E-state index contributed by atoms with van der Waals surface area (Å²) in [5.41, 5.74) is 4.70. The normalized spacial score (nSPS) is 20.5. The molecule has 5 amide bonds. The molecule has 0 saturated carbocycles. The quantitative estimate of drug-likeness (QED) is 0.319. The summed E-state index contributed by atoms with van der Waals surface area (Å²) < 4.78 is 0. The number of carbonyl (C=O) groups is 3. The maximum atomic E-state index is 10.7. The van der Waals surface area contributed by atoms with Crippen LogP contribution >= 0.6 is 0 Å². The van der Waals surface area contributed by atoms with Crippen LogP contribution in [0.25, 0.3) is 0 Å². The van der Waals surface area contributed by atoms with Crippen molar-refractivity contribution in [3.63, 3.8) is 0 Å². The Bertz CT molecular complexity index is 230. The zero-order chi connectivity index (χ0) is 8.43. The van der Waals surface area contributed by atoms with E-state index in [2.05, 4.69) is 5.32 Å². The van der Waals surface area contributed by atoms with Gasteiger partial charge in [-0.3, -0.25) is 10.1 Å². The van der Waals surface area contributed by atoms with E-state index >= 15 is 0 Å². The van der Waals surface area contributed by atoms with Crippen LogP contribution in [-0.4, -0.2) is 24.1 Å². The number of hydrogen-bond acceptors (Lipinski definition) is 3. The number of amides is 5. The summed E-state index contributed by atoms with van der Waals surface area (Å²) in [5.74, 6) is -0.617. The molecule has 0 bridgehead atoms. The van der Waals surface area contributed by atoms with E-state index in [4.69, 9.17) is 5.73 Å². The summed E-state index contributed by atoms with van der Waals surface area (Å²) in [4.78, 5) is 31.3. The zero-order valence-electron chi connectivity index (χ0n) is 5.68. The van der Waals surface area contributed by atoms with Crippen LogP contribution < -0.4 is 21.7 Å². The van der Waals surface area contributed by atoms with E-state index in [1.807, 2.05) is 10.6 Å². The van der Waals surface area contributed by atoms with Crippen molar-refractivity contribution >= 4 is 18.0 Å². The number of primary amides is 1. The second-order valence-electron chi connectivity index (χ2n) is 1.90. The van der Waals surface area contributed by atoms with Gasteiger partial charge in [0.1, 0.15) is 0 Å². The molecule has 0 aromatic carbocycles. The van der Waals surface area contributed by atoms with Crippen molar-refractivity contribution in [2.75, 3.05) is 0 Å². The predicted molar refractivity (Wildman–Crippen MR) is 33.2 cm³/mol. The molecule has 0 aromatic heterocycles. The molecule has 1 heterocycles. The van der Waals surface area contributed by atoms with Crippen LogP contribution in [0.5, 0.6) is 0 Å². The van der Waals surface area contributed by atoms with Gasteiger partial charge in [0.25, 0.3) is 5.91 Å². The van der Waals surface area contributed by atoms with Gasteiger partial charge in [0, 0.05) is 0 Å². The van der Waals surface area contributed by atoms with Crippen molar-refractivity contribution in [3.05, 3.63) is 0 Å². The molecule has 8 heteroatoms. The van der Waals surface area contributed by atoms with Gasteiger partial charge in [-0.15, -0.1) is 0 Å². The van der Waals surface area contributed by atoms with Crippen molar-refractivity contribution in [2.24, 2.45) is 5.73 Å². The number of imide groups is 1. The summed E-state index contributed by atoms with van der Waals surface area (Å²) in [6, 6.07) is -1.51. The molecule has 0 spiro atoms. The summed E-state index contributed by atoms with van der Waals surface area (Å²) in [7, 11) is 0. The molecule has 7 nitrogen and oxygen atoms in total. The Morgan fingerprint density at radius 3 is 2.42 bits per heavy atom. The fourth-order valence-electron chi connectivity index (χ4n) is 0.661.